The van der Waals surface area contributed by atoms with E-state index in [1.54, 1.807) is 0 Å². The van der Waals surface area contributed by atoms with E-state index in [0.717, 1.165) is 5.92 Å². The quantitative estimate of drug-likeness (QED) is 0.812. The number of nitrogens with zero attached hydrogens (tertiary/aromatic N) is 2. The number of hydrogen-bond donors (Lipinski definition) is 0. The van der Waals surface area contributed by atoms with Gasteiger partial charge in [0, 0.05) is 12.6 Å². The zero-order chi connectivity index (χ0) is 13.0. The minimum Gasteiger partial charge on any atom is -0.390 e. The highest BCUT2D eigenvalue weighted by Crippen LogP contribution is 2.48. The minimum atomic E-state index is 0.288. The Morgan fingerprint density at radius 3 is 2.79 bits per heavy atom. The molecule has 19 heavy (non-hydrogen) atoms. The summed E-state index contributed by atoms with van der Waals surface area (Å²) < 4.78 is 0. The summed E-state index contributed by atoms with van der Waals surface area (Å²) in [6.07, 6.45) is 1.57. The van der Waals surface area contributed by atoms with E-state index in [1.807, 2.05) is 0 Å². The Hall–Kier alpha value is -1.35. The van der Waals surface area contributed by atoms with Crippen molar-refractivity contribution < 1.29 is 4.84 Å². The Balaban J connectivity index is 1.62. The first-order valence-electron chi connectivity index (χ1n) is 7.30. The Morgan fingerprint density at radius 2 is 2.05 bits per heavy atom. The SMILES string of the molecule is CC(C)N1C[C@@H]2C[C@H]1[C@H]1ON=C(c3ccccc3)[C@@H]21. The van der Waals surface area contributed by atoms with Crippen molar-refractivity contribution in [2.24, 2.45) is 17.0 Å². The fraction of sp³-hybridized carbons (Fsp3) is 0.562. The summed E-state index contributed by atoms with van der Waals surface area (Å²) in [5, 5.41) is 4.42. The first-order chi connectivity index (χ1) is 9.25. The van der Waals surface area contributed by atoms with Crippen LogP contribution in [0, 0.1) is 11.8 Å². The standard InChI is InChI=1S/C16H20N2O/c1-10(2)18-9-12-8-13(18)16-14(12)15(17-19-16)11-6-4-3-5-7-11/h3-7,10,12-14,16H,8-9H2,1-2H3/t12-,13-,14+,16+/m0/s1. The third-order valence-corrected chi connectivity index (χ3v) is 4.98. The second kappa shape index (κ2) is 4.07. The normalized spacial score (nSPS) is 36.5. The van der Waals surface area contributed by atoms with Crippen LogP contribution in [0.1, 0.15) is 25.8 Å². The maximum atomic E-state index is 5.80. The summed E-state index contributed by atoms with van der Waals surface area (Å²) in [5.74, 6) is 1.24. The first kappa shape index (κ1) is 11.5. The lowest BCUT2D eigenvalue weighted by atomic mass is 9.85. The van der Waals surface area contributed by atoms with Gasteiger partial charge in [0.25, 0.3) is 0 Å². The van der Waals surface area contributed by atoms with Crippen LogP contribution in [0.15, 0.2) is 35.5 Å². The minimum absolute atomic E-state index is 0.288. The average molecular weight is 256 g/mol. The largest absolute Gasteiger partial charge is 0.390 e. The van der Waals surface area contributed by atoms with Gasteiger partial charge in [0.15, 0.2) is 6.10 Å². The van der Waals surface area contributed by atoms with Crippen molar-refractivity contribution in [1.29, 1.82) is 0 Å². The molecule has 4 atom stereocenters. The summed E-state index contributed by atoms with van der Waals surface area (Å²) in [4.78, 5) is 8.40. The Kier molecular flexibility index (Phi) is 2.46. The van der Waals surface area contributed by atoms with E-state index in [4.69, 9.17) is 4.84 Å². The molecule has 2 heterocycles. The molecule has 0 spiro atoms. The highest BCUT2D eigenvalue weighted by Gasteiger charge is 2.58. The van der Waals surface area contributed by atoms with Crippen LogP contribution in [0.2, 0.25) is 0 Å². The monoisotopic (exact) mass is 256 g/mol. The second-order valence-electron chi connectivity index (χ2n) is 6.29. The molecular weight excluding hydrogens is 236 g/mol. The molecule has 1 aromatic rings. The van der Waals surface area contributed by atoms with Crippen molar-refractivity contribution in [2.45, 2.75) is 38.5 Å². The van der Waals surface area contributed by atoms with Gasteiger partial charge in [-0.3, -0.25) is 4.90 Å². The maximum absolute atomic E-state index is 5.80. The molecule has 3 heteroatoms. The summed E-state index contributed by atoms with van der Waals surface area (Å²) in [7, 11) is 0. The Labute approximate surface area is 114 Å². The molecule has 0 N–H and O–H groups in total. The van der Waals surface area contributed by atoms with Crippen molar-refractivity contribution in [2.75, 3.05) is 6.54 Å². The molecule has 4 rings (SSSR count). The molecule has 0 unspecified atom stereocenters. The van der Waals surface area contributed by atoms with Crippen LogP contribution in [0.5, 0.6) is 0 Å². The van der Waals surface area contributed by atoms with E-state index < -0.39 is 0 Å². The smallest absolute Gasteiger partial charge is 0.151 e. The van der Waals surface area contributed by atoms with Crippen LogP contribution in [0.3, 0.4) is 0 Å². The Morgan fingerprint density at radius 1 is 1.26 bits per heavy atom. The molecule has 1 aliphatic carbocycles. The maximum Gasteiger partial charge on any atom is 0.151 e. The lowest BCUT2D eigenvalue weighted by molar-refractivity contribution is -0.0136. The molecule has 0 amide bonds. The second-order valence-corrected chi connectivity index (χ2v) is 6.29. The number of hydrogen-bond acceptors (Lipinski definition) is 3. The van der Waals surface area contributed by atoms with Crippen molar-refractivity contribution in [3.63, 3.8) is 0 Å². The van der Waals surface area contributed by atoms with Gasteiger partial charge in [-0.05, 0) is 31.7 Å². The van der Waals surface area contributed by atoms with Crippen LogP contribution in [-0.2, 0) is 4.84 Å². The van der Waals surface area contributed by atoms with Crippen molar-refractivity contribution in [3.8, 4) is 0 Å². The summed E-state index contributed by atoms with van der Waals surface area (Å²) in [5.41, 5.74) is 2.42. The lowest BCUT2D eigenvalue weighted by Crippen LogP contribution is -2.49. The van der Waals surface area contributed by atoms with Gasteiger partial charge in [0.2, 0.25) is 0 Å². The molecule has 2 bridgehead atoms. The molecule has 0 aromatic heterocycles. The molecule has 3 aliphatic rings. The van der Waals surface area contributed by atoms with Gasteiger partial charge in [-0.25, -0.2) is 0 Å². The third-order valence-electron chi connectivity index (χ3n) is 4.98. The predicted octanol–water partition coefficient (Wildman–Crippen LogP) is 2.52. The number of benzene rings is 1. The van der Waals surface area contributed by atoms with Crippen LogP contribution in [0.25, 0.3) is 0 Å². The van der Waals surface area contributed by atoms with E-state index in [2.05, 4.69) is 54.2 Å². The van der Waals surface area contributed by atoms with Crippen molar-refractivity contribution in [3.05, 3.63) is 35.9 Å². The number of piperidine rings is 1. The molecule has 1 saturated heterocycles. The number of rotatable bonds is 2. The molecule has 2 fully saturated rings. The highest BCUT2D eigenvalue weighted by atomic mass is 16.6. The summed E-state index contributed by atoms with van der Waals surface area (Å²) >= 11 is 0. The first-order valence-corrected chi connectivity index (χ1v) is 7.30. The zero-order valence-electron chi connectivity index (χ0n) is 11.5. The van der Waals surface area contributed by atoms with Gasteiger partial charge in [-0.1, -0.05) is 35.5 Å². The lowest BCUT2D eigenvalue weighted by Gasteiger charge is -2.35. The number of oxime groups is 1. The molecule has 0 radical (unpaired) electrons. The van der Waals surface area contributed by atoms with Gasteiger partial charge >= 0.3 is 0 Å². The van der Waals surface area contributed by atoms with Gasteiger partial charge in [-0.2, -0.15) is 0 Å². The van der Waals surface area contributed by atoms with E-state index in [-0.39, 0.29) is 6.10 Å². The summed E-state index contributed by atoms with van der Waals surface area (Å²) in [6.45, 7) is 5.77. The fourth-order valence-corrected chi connectivity index (χ4v) is 4.16. The highest BCUT2D eigenvalue weighted by molar-refractivity contribution is 6.03. The Bertz CT molecular complexity index is 511. The molecular formula is C16H20N2O. The summed E-state index contributed by atoms with van der Waals surface area (Å²) in [6, 6.07) is 11.7. The fourth-order valence-electron chi connectivity index (χ4n) is 4.16. The van der Waals surface area contributed by atoms with Gasteiger partial charge in [-0.15, -0.1) is 0 Å². The third kappa shape index (κ3) is 1.57. The molecule has 1 aromatic carbocycles. The van der Waals surface area contributed by atoms with Gasteiger partial charge < -0.3 is 4.84 Å². The molecule has 100 valence electrons. The van der Waals surface area contributed by atoms with E-state index >= 15 is 0 Å². The molecule has 1 saturated carbocycles. The van der Waals surface area contributed by atoms with E-state index in [0.29, 0.717) is 18.0 Å². The topological polar surface area (TPSA) is 24.8 Å². The number of fused-ring (bicyclic) bond motifs is 5. The van der Waals surface area contributed by atoms with Crippen LogP contribution in [-0.4, -0.2) is 35.3 Å². The average Bonchev–Trinajstić information content (AvgIpc) is 3.11. The van der Waals surface area contributed by atoms with E-state index in [1.165, 1.54) is 24.2 Å². The predicted molar refractivity (Wildman–Crippen MR) is 75.1 cm³/mol. The number of likely N-dealkylation sites (tertiary alicyclic amines) is 1. The van der Waals surface area contributed by atoms with Crippen LogP contribution < -0.4 is 0 Å². The molecule has 3 nitrogen and oxygen atoms in total. The van der Waals surface area contributed by atoms with Crippen LogP contribution in [0.4, 0.5) is 0 Å². The van der Waals surface area contributed by atoms with Gasteiger partial charge in [0.05, 0.1) is 17.7 Å². The van der Waals surface area contributed by atoms with Crippen molar-refractivity contribution >= 4 is 5.71 Å². The zero-order valence-corrected chi connectivity index (χ0v) is 11.5. The van der Waals surface area contributed by atoms with Crippen LogP contribution >= 0.6 is 0 Å². The van der Waals surface area contributed by atoms with Gasteiger partial charge in [0.1, 0.15) is 0 Å². The molecule has 2 aliphatic heterocycles. The van der Waals surface area contributed by atoms with E-state index in [9.17, 15) is 0 Å². The van der Waals surface area contributed by atoms with Crippen molar-refractivity contribution in [1.82, 2.24) is 4.90 Å².